The summed E-state index contributed by atoms with van der Waals surface area (Å²) in [5, 5.41) is 2.23. The van der Waals surface area contributed by atoms with Gasteiger partial charge in [-0.3, -0.25) is 9.59 Å². The average Bonchev–Trinajstić information content (AvgIpc) is 3.67. The SMILES string of the molecule is O=C(CCc1c[nH]c2ccccc12)O[C@H]1CO[C@H]2[C@@H]1OC[C@H]2OC(=O)CCc1c[nH]c2ccccc12. The zero-order valence-electron chi connectivity index (χ0n) is 19.8. The molecular formula is C28H28N2O6. The Labute approximate surface area is 207 Å². The van der Waals surface area contributed by atoms with E-state index in [4.69, 9.17) is 18.9 Å². The summed E-state index contributed by atoms with van der Waals surface area (Å²) in [7, 11) is 0. The molecule has 2 aromatic carbocycles. The molecule has 2 aliphatic heterocycles. The highest BCUT2D eigenvalue weighted by molar-refractivity contribution is 5.84. The number of benzene rings is 2. The second kappa shape index (κ2) is 9.79. The van der Waals surface area contributed by atoms with Crippen LogP contribution < -0.4 is 0 Å². The number of H-pyrrole nitrogens is 2. The molecule has 2 N–H and O–H groups in total. The first-order valence-electron chi connectivity index (χ1n) is 12.4. The van der Waals surface area contributed by atoms with Crippen molar-refractivity contribution < 1.29 is 28.5 Å². The second-order valence-electron chi connectivity index (χ2n) is 9.37. The number of para-hydroxylation sites is 2. The molecule has 0 spiro atoms. The van der Waals surface area contributed by atoms with Crippen LogP contribution in [-0.2, 0) is 41.4 Å². The summed E-state index contributed by atoms with van der Waals surface area (Å²) in [6.07, 6.45) is 3.73. The minimum absolute atomic E-state index is 0.234. The Morgan fingerprint density at radius 2 is 1.17 bits per heavy atom. The predicted octanol–water partition coefficient (Wildman–Crippen LogP) is 3.84. The highest BCUT2D eigenvalue weighted by atomic mass is 16.7. The molecule has 0 saturated carbocycles. The molecule has 4 heterocycles. The van der Waals surface area contributed by atoms with E-state index in [0.29, 0.717) is 12.8 Å². The van der Waals surface area contributed by atoms with E-state index in [2.05, 4.69) is 9.97 Å². The van der Waals surface area contributed by atoms with E-state index in [-0.39, 0.29) is 38.0 Å². The van der Waals surface area contributed by atoms with Crippen molar-refractivity contribution in [3.63, 3.8) is 0 Å². The Hall–Kier alpha value is -3.62. The van der Waals surface area contributed by atoms with E-state index < -0.39 is 24.4 Å². The number of carbonyl (C=O) groups is 2. The summed E-state index contributed by atoms with van der Waals surface area (Å²) in [5.74, 6) is -0.588. The van der Waals surface area contributed by atoms with Crippen molar-refractivity contribution in [2.45, 2.75) is 50.1 Å². The maximum Gasteiger partial charge on any atom is 0.306 e. The summed E-state index contributed by atoms with van der Waals surface area (Å²) in [6, 6.07) is 16.0. The van der Waals surface area contributed by atoms with Crippen LogP contribution in [0.15, 0.2) is 60.9 Å². The average molecular weight is 489 g/mol. The first-order valence-corrected chi connectivity index (χ1v) is 12.4. The van der Waals surface area contributed by atoms with Gasteiger partial charge in [0.25, 0.3) is 0 Å². The number of ether oxygens (including phenoxy) is 4. The van der Waals surface area contributed by atoms with Gasteiger partial charge in [0.15, 0.2) is 12.2 Å². The molecule has 0 amide bonds. The molecule has 4 aromatic rings. The lowest BCUT2D eigenvalue weighted by molar-refractivity contribution is -0.155. The minimum atomic E-state index is -0.500. The summed E-state index contributed by atoms with van der Waals surface area (Å²) in [5.41, 5.74) is 4.27. The Kier molecular flexibility index (Phi) is 6.21. The number of aromatic nitrogens is 2. The van der Waals surface area contributed by atoms with E-state index in [1.807, 2.05) is 60.9 Å². The van der Waals surface area contributed by atoms with Gasteiger partial charge in [-0.05, 0) is 36.1 Å². The number of hydrogen-bond donors (Lipinski definition) is 2. The molecule has 2 fully saturated rings. The van der Waals surface area contributed by atoms with Crippen LogP contribution in [0.5, 0.6) is 0 Å². The van der Waals surface area contributed by atoms with Gasteiger partial charge >= 0.3 is 11.9 Å². The van der Waals surface area contributed by atoms with Gasteiger partial charge in [-0.2, -0.15) is 0 Å². The van der Waals surface area contributed by atoms with Gasteiger partial charge in [-0.1, -0.05) is 36.4 Å². The molecule has 0 radical (unpaired) electrons. The van der Waals surface area contributed by atoms with Crippen LogP contribution in [0.3, 0.4) is 0 Å². The number of fused-ring (bicyclic) bond motifs is 3. The Bertz CT molecular complexity index is 1280. The highest BCUT2D eigenvalue weighted by Crippen LogP contribution is 2.31. The number of nitrogens with one attached hydrogen (secondary N) is 2. The van der Waals surface area contributed by atoms with Crippen LogP contribution in [0.4, 0.5) is 0 Å². The number of aromatic amines is 2. The number of hydrogen-bond acceptors (Lipinski definition) is 6. The van der Waals surface area contributed by atoms with Gasteiger partial charge in [0, 0.05) is 47.0 Å². The minimum Gasteiger partial charge on any atom is -0.457 e. The van der Waals surface area contributed by atoms with Crippen molar-refractivity contribution in [2.75, 3.05) is 13.2 Å². The Morgan fingerprint density at radius 1 is 0.722 bits per heavy atom. The van der Waals surface area contributed by atoms with Crippen LogP contribution in [0.2, 0.25) is 0 Å². The molecule has 0 unspecified atom stereocenters. The largest absolute Gasteiger partial charge is 0.457 e. The van der Waals surface area contributed by atoms with Crippen molar-refractivity contribution in [1.82, 2.24) is 9.97 Å². The normalized spacial score (nSPS) is 23.2. The predicted molar refractivity (Wildman–Crippen MR) is 132 cm³/mol. The van der Waals surface area contributed by atoms with Crippen molar-refractivity contribution in [3.8, 4) is 0 Å². The molecular weight excluding hydrogens is 460 g/mol. The fraction of sp³-hybridized carbons (Fsp3) is 0.357. The zero-order chi connectivity index (χ0) is 24.5. The summed E-state index contributed by atoms with van der Waals surface area (Å²) in [6.45, 7) is 0.467. The van der Waals surface area contributed by atoms with Crippen LogP contribution >= 0.6 is 0 Å². The Morgan fingerprint density at radius 3 is 1.64 bits per heavy atom. The van der Waals surface area contributed by atoms with Crippen LogP contribution in [0.1, 0.15) is 24.0 Å². The van der Waals surface area contributed by atoms with Crippen LogP contribution in [0.25, 0.3) is 21.8 Å². The molecule has 36 heavy (non-hydrogen) atoms. The molecule has 4 atom stereocenters. The van der Waals surface area contributed by atoms with E-state index in [0.717, 1.165) is 32.9 Å². The highest BCUT2D eigenvalue weighted by Gasteiger charge is 2.51. The monoisotopic (exact) mass is 488 g/mol. The van der Waals surface area contributed by atoms with E-state index >= 15 is 0 Å². The van der Waals surface area contributed by atoms with Crippen molar-refractivity contribution in [1.29, 1.82) is 0 Å². The maximum atomic E-state index is 12.5. The molecule has 8 heteroatoms. The molecule has 0 aliphatic carbocycles. The van der Waals surface area contributed by atoms with Gasteiger partial charge in [-0.25, -0.2) is 0 Å². The molecule has 186 valence electrons. The number of esters is 2. The second-order valence-corrected chi connectivity index (χ2v) is 9.37. The first-order chi connectivity index (χ1) is 17.7. The number of rotatable bonds is 8. The van der Waals surface area contributed by atoms with E-state index in [1.165, 1.54) is 0 Å². The van der Waals surface area contributed by atoms with Crippen molar-refractivity contribution >= 4 is 33.7 Å². The van der Waals surface area contributed by atoms with E-state index in [9.17, 15) is 9.59 Å². The third-order valence-electron chi connectivity index (χ3n) is 7.07. The number of aryl methyl sites for hydroxylation is 2. The molecule has 0 bridgehead atoms. The lowest BCUT2D eigenvalue weighted by atomic mass is 10.1. The maximum absolute atomic E-state index is 12.5. The quantitative estimate of drug-likeness (QED) is 0.366. The van der Waals surface area contributed by atoms with Gasteiger partial charge in [0.1, 0.15) is 12.2 Å². The summed E-state index contributed by atoms with van der Waals surface area (Å²) >= 11 is 0. The number of carbonyl (C=O) groups excluding carboxylic acids is 2. The molecule has 2 aliphatic rings. The van der Waals surface area contributed by atoms with Crippen LogP contribution in [0, 0.1) is 0 Å². The van der Waals surface area contributed by atoms with Gasteiger partial charge in [0.2, 0.25) is 0 Å². The third kappa shape index (κ3) is 4.50. The van der Waals surface area contributed by atoms with E-state index in [1.54, 1.807) is 0 Å². The summed E-state index contributed by atoms with van der Waals surface area (Å²) < 4.78 is 23.0. The van der Waals surface area contributed by atoms with Crippen LogP contribution in [-0.4, -0.2) is 59.5 Å². The molecule has 6 rings (SSSR count). The third-order valence-corrected chi connectivity index (χ3v) is 7.07. The van der Waals surface area contributed by atoms with Gasteiger partial charge in [-0.15, -0.1) is 0 Å². The van der Waals surface area contributed by atoms with Gasteiger partial charge in [0.05, 0.1) is 13.2 Å². The molecule has 8 nitrogen and oxygen atoms in total. The smallest absolute Gasteiger partial charge is 0.306 e. The molecule has 2 aromatic heterocycles. The molecule has 2 saturated heterocycles. The zero-order valence-corrected chi connectivity index (χ0v) is 19.8. The van der Waals surface area contributed by atoms with Gasteiger partial charge < -0.3 is 28.9 Å². The topological polar surface area (TPSA) is 103 Å². The lowest BCUT2D eigenvalue weighted by Gasteiger charge is -2.17. The lowest BCUT2D eigenvalue weighted by Crippen LogP contribution is -2.36. The standard InChI is InChI=1S/C28H28N2O6/c31-25(11-9-17-13-29-21-7-3-1-5-19(17)21)35-23-15-33-28-24(16-34-27(23)28)36-26(32)12-10-18-14-30-22-8-4-2-6-20(18)22/h1-8,13-14,23-24,27-30H,9-12,15-16H2/t23-,24+,27-,28-/m1/s1. The van der Waals surface area contributed by atoms with Crippen molar-refractivity contribution in [3.05, 3.63) is 72.1 Å². The van der Waals surface area contributed by atoms with Crippen molar-refractivity contribution in [2.24, 2.45) is 0 Å². The Balaban J connectivity index is 0.979. The fourth-order valence-corrected chi connectivity index (χ4v) is 5.24. The fourth-order valence-electron chi connectivity index (χ4n) is 5.24. The summed E-state index contributed by atoms with van der Waals surface area (Å²) in [4.78, 5) is 31.5. The first kappa shape index (κ1) is 22.8.